The maximum absolute atomic E-state index is 8.17. The molecule has 5 heteroatoms. The molecule has 2 aromatic rings. The summed E-state index contributed by atoms with van der Waals surface area (Å²) < 4.78 is 1.84. The molecule has 0 saturated heterocycles. The topological polar surface area (TPSA) is 66.1 Å². The van der Waals surface area contributed by atoms with Gasteiger partial charge in [-0.1, -0.05) is 5.11 Å². The van der Waals surface area contributed by atoms with Crippen LogP contribution in [0.4, 0.5) is 5.69 Å². The number of imidazole rings is 1. The van der Waals surface area contributed by atoms with Crippen LogP contribution in [0.3, 0.4) is 0 Å². The normalized spacial score (nSPS) is 9.67. The summed E-state index contributed by atoms with van der Waals surface area (Å²) in [6.45, 7) is 0. The van der Waals surface area contributed by atoms with Gasteiger partial charge >= 0.3 is 0 Å². The van der Waals surface area contributed by atoms with Crippen molar-refractivity contribution in [2.75, 3.05) is 0 Å². The van der Waals surface area contributed by atoms with Crippen molar-refractivity contribution in [1.29, 1.82) is 0 Å². The molecule has 0 aliphatic heterocycles. The molecule has 0 atom stereocenters. The Bertz CT molecular complexity index is 452. The zero-order chi connectivity index (χ0) is 8.39. The van der Waals surface area contributed by atoms with Gasteiger partial charge in [-0.15, -0.1) is 0 Å². The van der Waals surface area contributed by atoms with Crippen LogP contribution in [0, 0.1) is 0 Å². The zero-order valence-electron chi connectivity index (χ0n) is 6.12. The molecular weight excluding hydrogens is 154 g/mol. The van der Waals surface area contributed by atoms with Gasteiger partial charge in [0.05, 0.1) is 0 Å². The maximum Gasteiger partial charge on any atom is 0.137 e. The smallest absolute Gasteiger partial charge is 0.137 e. The fourth-order valence-corrected chi connectivity index (χ4v) is 1.01. The molecule has 0 spiro atoms. The largest absolute Gasteiger partial charge is 0.307 e. The van der Waals surface area contributed by atoms with Gasteiger partial charge in [-0.05, 0) is 17.7 Å². The predicted molar refractivity (Wildman–Crippen MR) is 44.0 cm³/mol. The molecule has 0 unspecified atom stereocenters. The quantitative estimate of drug-likeness (QED) is 0.357. The molecule has 0 N–H and O–H groups in total. The number of azide groups is 1. The van der Waals surface area contributed by atoms with Crippen molar-refractivity contribution >= 4 is 11.3 Å². The molecule has 2 aromatic heterocycles. The minimum Gasteiger partial charge on any atom is -0.307 e. The number of pyridine rings is 1. The molecule has 2 rings (SSSR count). The van der Waals surface area contributed by atoms with E-state index in [-0.39, 0.29) is 0 Å². The maximum atomic E-state index is 8.17. The highest BCUT2D eigenvalue weighted by Crippen LogP contribution is 2.13. The van der Waals surface area contributed by atoms with Crippen LogP contribution in [-0.2, 0) is 0 Å². The second kappa shape index (κ2) is 2.56. The molecule has 0 fully saturated rings. The van der Waals surface area contributed by atoms with Gasteiger partial charge < -0.3 is 4.40 Å². The Balaban J connectivity index is 2.67. The summed E-state index contributed by atoms with van der Waals surface area (Å²) in [6.07, 6.45) is 5.32. The van der Waals surface area contributed by atoms with Gasteiger partial charge in [0.25, 0.3) is 0 Å². The van der Waals surface area contributed by atoms with Crippen LogP contribution < -0.4 is 0 Å². The summed E-state index contributed by atoms with van der Waals surface area (Å²) >= 11 is 0. The van der Waals surface area contributed by atoms with Crippen LogP contribution in [0.5, 0.6) is 0 Å². The number of hydrogen-bond acceptors (Lipinski definition) is 2. The predicted octanol–water partition coefficient (Wildman–Crippen LogP) is 2.28. The molecule has 0 aliphatic carbocycles. The summed E-state index contributed by atoms with van der Waals surface area (Å²) in [4.78, 5) is 6.73. The molecular formula is C7H5N5. The number of hydrogen-bond donors (Lipinski definition) is 0. The average molecular weight is 159 g/mol. The summed E-state index contributed by atoms with van der Waals surface area (Å²) in [5.41, 5.74) is 9.53. The van der Waals surface area contributed by atoms with Crippen LogP contribution in [0.25, 0.3) is 16.1 Å². The van der Waals surface area contributed by atoms with E-state index in [0.717, 1.165) is 5.65 Å². The van der Waals surface area contributed by atoms with Crippen LogP contribution in [0.1, 0.15) is 0 Å². The second-order valence-electron chi connectivity index (χ2n) is 2.27. The molecule has 0 bridgehead atoms. The lowest BCUT2D eigenvalue weighted by Crippen LogP contribution is -1.79. The molecule has 2 heterocycles. The van der Waals surface area contributed by atoms with Crippen LogP contribution in [-0.4, -0.2) is 9.38 Å². The second-order valence-corrected chi connectivity index (χ2v) is 2.27. The zero-order valence-corrected chi connectivity index (χ0v) is 6.12. The van der Waals surface area contributed by atoms with Gasteiger partial charge in [-0.3, -0.25) is 0 Å². The highest BCUT2D eigenvalue weighted by atomic mass is 15.1. The van der Waals surface area contributed by atoms with Gasteiger partial charge in [0.1, 0.15) is 5.65 Å². The third-order valence-corrected chi connectivity index (χ3v) is 1.54. The molecule has 0 aliphatic rings. The van der Waals surface area contributed by atoms with E-state index in [0.29, 0.717) is 5.69 Å². The number of nitrogens with zero attached hydrogens (tertiary/aromatic N) is 5. The van der Waals surface area contributed by atoms with Crippen molar-refractivity contribution in [3.63, 3.8) is 0 Å². The first-order valence-electron chi connectivity index (χ1n) is 3.38. The molecule has 0 radical (unpaired) electrons. The van der Waals surface area contributed by atoms with Crippen molar-refractivity contribution in [2.45, 2.75) is 0 Å². The number of rotatable bonds is 1. The lowest BCUT2D eigenvalue weighted by Gasteiger charge is -1.92. The van der Waals surface area contributed by atoms with E-state index < -0.39 is 0 Å². The van der Waals surface area contributed by atoms with E-state index in [9.17, 15) is 0 Å². The van der Waals surface area contributed by atoms with E-state index in [1.54, 1.807) is 24.5 Å². The van der Waals surface area contributed by atoms with Gasteiger partial charge in [0, 0.05) is 29.2 Å². The van der Waals surface area contributed by atoms with E-state index in [1.165, 1.54) is 0 Å². The van der Waals surface area contributed by atoms with Crippen molar-refractivity contribution in [1.82, 2.24) is 9.38 Å². The van der Waals surface area contributed by atoms with Crippen molar-refractivity contribution in [3.8, 4) is 0 Å². The third-order valence-electron chi connectivity index (χ3n) is 1.54. The molecule has 5 nitrogen and oxygen atoms in total. The van der Waals surface area contributed by atoms with Crippen molar-refractivity contribution in [3.05, 3.63) is 41.2 Å². The first kappa shape index (κ1) is 6.69. The first-order valence-corrected chi connectivity index (χ1v) is 3.38. The van der Waals surface area contributed by atoms with Crippen LogP contribution in [0.2, 0.25) is 0 Å². The Morgan fingerprint density at radius 1 is 1.50 bits per heavy atom. The van der Waals surface area contributed by atoms with Gasteiger partial charge in [-0.25, -0.2) is 4.98 Å². The average Bonchev–Trinajstić information content (AvgIpc) is 2.51. The lowest BCUT2D eigenvalue weighted by molar-refractivity contribution is 1.18. The Hall–Kier alpha value is -2.00. The highest BCUT2D eigenvalue weighted by Gasteiger charge is 1.93. The molecule has 12 heavy (non-hydrogen) atoms. The Morgan fingerprint density at radius 3 is 3.25 bits per heavy atom. The SMILES string of the molecule is [N-]=[N+]=Nc1ccn2ccnc2c1. The summed E-state index contributed by atoms with van der Waals surface area (Å²) in [5, 5.41) is 3.46. The highest BCUT2D eigenvalue weighted by molar-refractivity contribution is 5.50. The Morgan fingerprint density at radius 2 is 2.42 bits per heavy atom. The Kier molecular flexibility index (Phi) is 1.43. The third kappa shape index (κ3) is 0.980. The van der Waals surface area contributed by atoms with E-state index >= 15 is 0 Å². The van der Waals surface area contributed by atoms with Crippen molar-refractivity contribution < 1.29 is 0 Å². The summed E-state index contributed by atoms with van der Waals surface area (Å²) in [5.74, 6) is 0. The minimum absolute atomic E-state index is 0.580. The van der Waals surface area contributed by atoms with E-state index in [2.05, 4.69) is 15.0 Å². The van der Waals surface area contributed by atoms with E-state index in [1.807, 2.05) is 10.6 Å². The Labute approximate surface area is 67.9 Å². The first-order chi connectivity index (χ1) is 5.90. The molecule has 0 saturated carbocycles. The fraction of sp³-hybridized carbons (Fsp3) is 0. The van der Waals surface area contributed by atoms with Gasteiger partial charge in [-0.2, -0.15) is 0 Å². The molecule has 0 aromatic carbocycles. The van der Waals surface area contributed by atoms with Crippen molar-refractivity contribution in [2.24, 2.45) is 5.11 Å². The van der Waals surface area contributed by atoms with Crippen LogP contribution >= 0.6 is 0 Å². The summed E-state index contributed by atoms with van der Waals surface area (Å²) in [7, 11) is 0. The number of fused-ring (bicyclic) bond motifs is 1. The summed E-state index contributed by atoms with van der Waals surface area (Å²) in [6, 6.07) is 3.45. The number of aromatic nitrogens is 2. The standard InChI is InChI=1S/C7H5N5/c8-11-10-6-1-3-12-4-2-9-7(12)5-6/h1-5H. The lowest BCUT2D eigenvalue weighted by atomic mass is 10.4. The van der Waals surface area contributed by atoms with Crippen LogP contribution in [0.15, 0.2) is 35.8 Å². The minimum atomic E-state index is 0.580. The fourth-order valence-electron chi connectivity index (χ4n) is 1.01. The van der Waals surface area contributed by atoms with E-state index in [4.69, 9.17) is 5.53 Å². The van der Waals surface area contributed by atoms with Gasteiger partial charge in [0.15, 0.2) is 0 Å². The van der Waals surface area contributed by atoms with Gasteiger partial charge in [0.2, 0.25) is 0 Å². The monoisotopic (exact) mass is 159 g/mol. The molecule has 0 amide bonds. The molecule has 58 valence electrons.